The quantitative estimate of drug-likeness (QED) is 0.535. The number of hydrogen-bond donors (Lipinski definition) is 1. The molecule has 0 aliphatic carbocycles. The van der Waals surface area contributed by atoms with Crippen LogP contribution < -0.4 is 4.74 Å². The lowest BCUT2D eigenvalue weighted by Gasteiger charge is -2.18. The Hall–Kier alpha value is -3.04. The second-order valence-electron chi connectivity index (χ2n) is 7.08. The first-order valence-electron chi connectivity index (χ1n) is 8.20. The molecular weight excluding hydrogens is 366 g/mol. The minimum absolute atomic E-state index is 0.161. The fraction of sp³-hybridized carbons (Fsp3) is 0.250. The lowest BCUT2D eigenvalue weighted by Crippen LogP contribution is -2.25. The minimum atomic E-state index is -0.718. The van der Waals surface area contributed by atoms with Crippen molar-refractivity contribution in [3.8, 4) is 41.0 Å². The summed E-state index contributed by atoms with van der Waals surface area (Å²) >= 11 is 5.94. The van der Waals surface area contributed by atoms with Crippen molar-refractivity contribution < 1.29 is 14.6 Å². The summed E-state index contributed by atoms with van der Waals surface area (Å²) in [6.07, 6.45) is 5.58. The van der Waals surface area contributed by atoms with Crippen molar-refractivity contribution in [1.29, 1.82) is 0 Å². The number of aromatic nitrogens is 3. The molecule has 0 radical (unpaired) electrons. The molecule has 6 nitrogen and oxygen atoms in total. The Labute approximate surface area is 162 Å². The van der Waals surface area contributed by atoms with Crippen molar-refractivity contribution in [2.24, 2.45) is 5.41 Å². The van der Waals surface area contributed by atoms with Gasteiger partial charge in [-0.05, 0) is 57.9 Å². The van der Waals surface area contributed by atoms with E-state index in [1.807, 2.05) is 0 Å². The molecule has 1 aromatic carbocycles. The van der Waals surface area contributed by atoms with E-state index < -0.39 is 11.4 Å². The number of fused-ring (bicyclic) bond motifs is 1. The third-order valence-electron chi connectivity index (χ3n) is 3.93. The first-order valence-corrected chi connectivity index (χ1v) is 8.58. The molecule has 0 bridgehead atoms. The zero-order valence-electron chi connectivity index (χ0n) is 15.4. The molecule has 138 valence electrons. The maximum atomic E-state index is 12.3. The Morgan fingerprint density at radius 2 is 1.89 bits per heavy atom. The summed E-state index contributed by atoms with van der Waals surface area (Å²) in [5, 5.41) is 11.5. The SMILES string of the molecule is C#Cc1nc2nc(C)c(OC(=O)C(C)(C)C)c-2c(O)n1-c1ccc(Cl)cc1. The smallest absolute Gasteiger partial charge is 0.316 e. The van der Waals surface area contributed by atoms with Crippen LogP contribution in [-0.2, 0) is 4.79 Å². The maximum Gasteiger partial charge on any atom is 0.316 e. The lowest BCUT2D eigenvalue weighted by atomic mass is 9.97. The predicted octanol–water partition coefficient (Wildman–Crippen LogP) is 3.97. The Morgan fingerprint density at radius 3 is 2.44 bits per heavy atom. The van der Waals surface area contributed by atoms with Gasteiger partial charge in [0.2, 0.25) is 5.88 Å². The number of aryl methyl sites for hydroxylation is 1. The van der Waals surface area contributed by atoms with Crippen molar-refractivity contribution in [3.63, 3.8) is 0 Å². The van der Waals surface area contributed by atoms with Crippen LogP contribution in [0.15, 0.2) is 24.3 Å². The van der Waals surface area contributed by atoms with Crippen molar-refractivity contribution >= 4 is 17.6 Å². The Balaban J connectivity index is 2.26. The molecular formula is C20H18ClN3O3. The fourth-order valence-corrected chi connectivity index (χ4v) is 2.62. The highest BCUT2D eigenvalue weighted by atomic mass is 35.5. The molecule has 0 unspecified atom stereocenters. The zero-order valence-corrected chi connectivity index (χ0v) is 16.1. The Morgan fingerprint density at radius 1 is 1.26 bits per heavy atom. The summed E-state index contributed by atoms with van der Waals surface area (Å²) in [4.78, 5) is 21.0. The summed E-state index contributed by atoms with van der Waals surface area (Å²) in [7, 11) is 0. The van der Waals surface area contributed by atoms with Crippen LogP contribution in [0.2, 0.25) is 5.02 Å². The highest BCUT2D eigenvalue weighted by Gasteiger charge is 2.31. The van der Waals surface area contributed by atoms with Gasteiger partial charge in [0.15, 0.2) is 17.4 Å². The molecule has 0 amide bonds. The number of carbonyl (C=O) groups is 1. The number of esters is 1. The van der Waals surface area contributed by atoms with E-state index in [0.717, 1.165) is 0 Å². The lowest BCUT2D eigenvalue weighted by molar-refractivity contribution is -0.143. The summed E-state index contributed by atoms with van der Waals surface area (Å²) < 4.78 is 6.92. The van der Waals surface area contributed by atoms with Gasteiger partial charge in [0.05, 0.1) is 16.8 Å². The molecule has 1 aromatic rings. The number of ether oxygens (including phenoxy) is 1. The molecule has 0 aromatic heterocycles. The number of carbonyl (C=O) groups excluding carboxylic acids is 1. The molecule has 1 N–H and O–H groups in total. The molecule has 0 atom stereocenters. The van der Waals surface area contributed by atoms with Crippen LogP contribution in [-0.4, -0.2) is 25.6 Å². The topological polar surface area (TPSA) is 77.2 Å². The maximum absolute atomic E-state index is 12.3. The number of hydrogen-bond acceptors (Lipinski definition) is 5. The number of benzene rings is 1. The van der Waals surface area contributed by atoms with Crippen molar-refractivity contribution in [3.05, 3.63) is 40.8 Å². The first kappa shape index (κ1) is 18.7. The molecule has 0 fully saturated rings. The van der Waals surface area contributed by atoms with Gasteiger partial charge in [-0.2, -0.15) is 0 Å². The standard InChI is InChI=1S/C20H18ClN3O3/c1-6-14-23-17-15(16(11(2)22-17)27-19(26)20(3,4)5)18(25)24(14)13-9-7-12(21)8-10-13/h1,7-10,25H,2-5H3. The van der Waals surface area contributed by atoms with E-state index in [9.17, 15) is 9.90 Å². The minimum Gasteiger partial charge on any atom is -0.494 e. The number of nitrogens with zero attached hydrogens (tertiary/aromatic N) is 3. The van der Waals surface area contributed by atoms with Crippen LogP contribution in [0.25, 0.3) is 17.1 Å². The van der Waals surface area contributed by atoms with Crippen molar-refractivity contribution in [1.82, 2.24) is 14.5 Å². The number of rotatable bonds is 2. The van der Waals surface area contributed by atoms with Crippen LogP contribution in [0, 0.1) is 24.7 Å². The molecule has 2 aliphatic heterocycles. The predicted molar refractivity (Wildman–Crippen MR) is 102 cm³/mol. The Kier molecular flexibility index (Phi) is 4.58. The third-order valence-corrected chi connectivity index (χ3v) is 4.18. The molecule has 27 heavy (non-hydrogen) atoms. The van der Waals surface area contributed by atoms with Crippen LogP contribution in [0.4, 0.5) is 0 Å². The second-order valence-corrected chi connectivity index (χ2v) is 7.52. The van der Waals surface area contributed by atoms with E-state index >= 15 is 0 Å². The highest BCUT2D eigenvalue weighted by Crippen LogP contribution is 2.42. The fourth-order valence-electron chi connectivity index (χ4n) is 2.50. The molecule has 2 heterocycles. The third kappa shape index (κ3) is 3.34. The van der Waals surface area contributed by atoms with Crippen LogP contribution >= 0.6 is 11.6 Å². The van der Waals surface area contributed by atoms with Gasteiger partial charge in [0.25, 0.3) is 0 Å². The van der Waals surface area contributed by atoms with Gasteiger partial charge in [0, 0.05) is 5.02 Å². The summed E-state index contributed by atoms with van der Waals surface area (Å²) in [6.45, 7) is 6.90. The monoisotopic (exact) mass is 383 g/mol. The van der Waals surface area contributed by atoms with Gasteiger partial charge in [-0.25, -0.2) is 9.97 Å². The van der Waals surface area contributed by atoms with E-state index in [1.54, 1.807) is 52.0 Å². The molecule has 7 heteroatoms. The van der Waals surface area contributed by atoms with Gasteiger partial charge < -0.3 is 9.84 Å². The largest absolute Gasteiger partial charge is 0.494 e. The zero-order chi connectivity index (χ0) is 19.9. The summed E-state index contributed by atoms with van der Waals surface area (Å²) in [5.74, 6) is 2.32. The van der Waals surface area contributed by atoms with E-state index in [1.165, 1.54) is 4.57 Å². The van der Waals surface area contributed by atoms with Gasteiger partial charge in [-0.15, -0.1) is 6.42 Å². The molecule has 2 aliphatic rings. The van der Waals surface area contributed by atoms with Crippen molar-refractivity contribution in [2.45, 2.75) is 27.7 Å². The number of aromatic hydroxyl groups is 1. The van der Waals surface area contributed by atoms with E-state index in [4.69, 9.17) is 22.8 Å². The van der Waals surface area contributed by atoms with Gasteiger partial charge in [0.1, 0.15) is 5.56 Å². The molecule has 0 spiro atoms. The number of terminal acetylenes is 1. The average molecular weight is 384 g/mol. The molecule has 0 saturated carbocycles. The highest BCUT2D eigenvalue weighted by molar-refractivity contribution is 6.30. The molecule has 0 saturated heterocycles. The Bertz CT molecular complexity index is 1040. The van der Waals surface area contributed by atoms with E-state index in [2.05, 4.69) is 15.9 Å². The van der Waals surface area contributed by atoms with Crippen molar-refractivity contribution in [2.75, 3.05) is 0 Å². The van der Waals surface area contributed by atoms with Gasteiger partial charge >= 0.3 is 5.97 Å². The van der Waals surface area contributed by atoms with Crippen LogP contribution in [0.1, 0.15) is 32.3 Å². The molecule has 3 rings (SSSR count). The van der Waals surface area contributed by atoms with E-state index in [-0.39, 0.29) is 28.8 Å². The summed E-state index contributed by atoms with van der Waals surface area (Å²) in [6, 6.07) is 6.73. The van der Waals surface area contributed by atoms with Gasteiger partial charge in [-0.1, -0.05) is 11.6 Å². The van der Waals surface area contributed by atoms with Crippen LogP contribution in [0.3, 0.4) is 0 Å². The van der Waals surface area contributed by atoms with Crippen LogP contribution in [0.5, 0.6) is 11.6 Å². The first-order chi connectivity index (χ1) is 12.6. The van der Waals surface area contributed by atoms with E-state index in [0.29, 0.717) is 16.4 Å². The summed E-state index contributed by atoms with van der Waals surface area (Å²) in [5.41, 5.74) is 0.497. The second kappa shape index (κ2) is 6.60. The average Bonchev–Trinajstić information content (AvgIpc) is 2.90. The number of halogens is 1. The normalized spacial score (nSPS) is 11.4. The van der Waals surface area contributed by atoms with Gasteiger partial charge in [-0.3, -0.25) is 9.36 Å².